The Labute approximate surface area is 130 Å². The van der Waals surface area contributed by atoms with Crippen LogP contribution in [0.15, 0.2) is 30.8 Å². The lowest BCUT2D eigenvalue weighted by Gasteiger charge is -2.54. The Morgan fingerprint density at radius 2 is 1.86 bits per heavy atom. The molecule has 1 saturated carbocycles. The molecule has 0 amide bonds. The van der Waals surface area contributed by atoms with Crippen molar-refractivity contribution in [2.45, 2.75) is 25.7 Å². The molecular weight excluding hydrogens is 276 g/mol. The number of nitrogens with zero attached hydrogens (tertiary/aromatic N) is 2. The summed E-state index contributed by atoms with van der Waals surface area (Å²) in [4.78, 5) is 11.9. The lowest BCUT2D eigenvalue weighted by Crippen LogP contribution is -2.61. The molecule has 112 valence electrons. The van der Waals surface area contributed by atoms with Gasteiger partial charge in [0, 0.05) is 5.41 Å². The fraction of sp³-hybridized carbons (Fsp3) is 0.389. The van der Waals surface area contributed by atoms with Gasteiger partial charge in [0.05, 0.1) is 25.2 Å². The zero-order chi connectivity index (χ0) is 16.5. The predicted molar refractivity (Wildman–Crippen MR) is 82.3 cm³/mol. The fourth-order valence-corrected chi connectivity index (χ4v) is 3.27. The summed E-state index contributed by atoms with van der Waals surface area (Å²) >= 11 is 0. The first-order valence-corrected chi connectivity index (χ1v) is 7.03. The summed E-state index contributed by atoms with van der Waals surface area (Å²) in [7, 11) is 1.28. The van der Waals surface area contributed by atoms with Gasteiger partial charge >= 0.3 is 5.97 Å². The molecule has 0 heterocycles. The molecule has 0 bridgehead atoms. The summed E-state index contributed by atoms with van der Waals surface area (Å²) in [5.41, 5.74) is 0.745. The summed E-state index contributed by atoms with van der Waals surface area (Å²) in [6, 6.07) is 11.8. The van der Waals surface area contributed by atoms with Crippen molar-refractivity contribution in [3.8, 4) is 12.1 Å². The molecule has 0 spiro atoms. The molecule has 0 N–H and O–H groups in total. The number of methoxy groups -OCH3 is 1. The molecule has 4 nitrogen and oxygen atoms in total. The van der Waals surface area contributed by atoms with E-state index in [0.717, 1.165) is 16.7 Å². The summed E-state index contributed by atoms with van der Waals surface area (Å²) < 4.78 is 4.74. The van der Waals surface area contributed by atoms with Crippen LogP contribution in [0.4, 0.5) is 0 Å². The van der Waals surface area contributed by atoms with E-state index in [1.54, 1.807) is 0 Å². The van der Waals surface area contributed by atoms with Crippen molar-refractivity contribution in [3.63, 3.8) is 0 Å². The number of nitriles is 2. The third-order valence-electron chi connectivity index (χ3n) is 4.86. The van der Waals surface area contributed by atoms with E-state index in [2.05, 4.69) is 18.7 Å². The molecule has 1 aromatic rings. The van der Waals surface area contributed by atoms with Gasteiger partial charge in [-0.05, 0) is 24.5 Å². The SMILES string of the molecule is C=C(C)c1ccc(C2(C)CC(C(=O)OC)C2(C#N)C#N)cc1. The Bertz CT molecular complexity index is 692. The Kier molecular flexibility index (Phi) is 3.81. The van der Waals surface area contributed by atoms with Crippen molar-refractivity contribution < 1.29 is 9.53 Å². The topological polar surface area (TPSA) is 73.9 Å². The third-order valence-corrected chi connectivity index (χ3v) is 4.86. The van der Waals surface area contributed by atoms with Gasteiger partial charge in [-0.3, -0.25) is 4.79 Å². The molecule has 1 aliphatic carbocycles. The van der Waals surface area contributed by atoms with Gasteiger partial charge in [0.15, 0.2) is 5.41 Å². The van der Waals surface area contributed by atoms with E-state index in [9.17, 15) is 15.3 Å². The van der Waals surface area contributed by atoms with Crippen LogP contribution in [0.2, 0.25) is 0 Å². The van der Waals surface area contributed by atoms with E-state index in [4.69, 9.17) is 4.74 Å². The van der Waals surface area contributed by atoms with Crippen LogP contribution in [-0.4, -0.2) is 13.1 Å². The van der Waals surface area contributed by atoms with Crippen LogP contribution in [0.5, 0.6) is 0 Å². The predicted octanol–water partition coefficient (Wildman–Crippen LogP) is 3.20. The Balaban J connectivity index is 2.46. The third kappa shape index (κ3) is 1.92. The highest BCUT2D eigenvalue weighted by Gasteiger charge is 2.68. The van der Waals surface area contributed by atoms with Gasteiger partial charge < -0.3 is 4.74 Å². The number of hydrogen-bond donors (Lipinski definition) is 0. The highest BCUT2D eigenvalue weighted by Crippen LogP contribution is 2.61. The molecule has 0 radical (unpaired) electrons. The number of esters is 1. The van der Waals surface area contributed by atoms with Crippen LogP contribution >= 0.6 is 0 Å². The van der Waals surface area contributed by atoms with Crippen LogP contribution in [-0.2, 0) is 14.9 Å². The Hall–Kier alpha value is -2.59. The lowest BCUT2D eigenvalue weighted by atomic mass is 9.43. The van der Waals surface area contributed by atoms with E-state index in [1.165, 1.54) is 7.11 Å². The Morgan fingerprint density at radius 1 is 1.32 bits per heavy atom. The second-order valence-electron chi connectivity index (χ2n) is 6.00. The van der Waals surface area contributed by atoms with E-state index in [-0.39, 0.29) is 0 Å². The van der Waals surface area contributed by atoms with E-state index >= 15 is 0 Å². The van der Waals surface area contributed by atoms with E-state index in [0.29, 0.717) is 6.42 Å². The van der Waals surface area contributed by atoms with Crippen molar-refractivity contribution in [1.29, 1.82) is 10.5 Å². The zero-order valence-corrected chi connectivity index (χ0v) is 13.0. The van der Waals surface area contributed by atoms with Gasteiger partial charge in [0.25, 0.3) is 0 Å². The van der Waals surface area contributed by atoms with Crippen LogP contribution in [0.3, 0.4) is 0 Å². The van der Waals surface area contributed by atoms with E-state index < -0.39 is 22.7 Å². The minimum atomic E-state index is -1.40. The average Bonchev–Trinajstić information content (AvgIpc) is 2.53. The van der Waals surface area contributed by atoms with Crippen LogP contribution in [0.25, 0.3) is 5.57 Å². The zero-order valence-electron chi connectivity index (χ0n) is 13.0. The molecule has 2 unspecified atom stereocenters. The summed E-state index contributed by atoms with van der Waals surface area (Å²) in [5.74, 6) is -1.21. The van der Waals surface area contributed by atoms with Gasteiger partial charge in [0.1, 0.15) is 0 Å². The lowest BCUT2D eigenvalue weighted by molar-refractivity contribution is -0.158. The molecule has 0 aliphatic heterocycles. The monoisotopic (exact) mass is 294 g/mol. The number of benzene rings is 1. The molecule has 0 saturated heterocycles. The van der Waals surface area contributed by atoms with Crippen LogP contribution in [0, 0.1) is 34.0 Å². The minimum absolute atomic E-state index is 0.424. The molecule has 22 heavy (non-hydrogen) atoms. The van der Waals surface area contributed by atoms with E-state index in [1.807, 2.05) is 38.1 Å². The second kappa shape index (κ2) is 5.31. The normalized spacial score (nSPS) is 25.2. The number of carbonyl (C=O) groups excluding carboxylic acids is 1. The smallest absolute Gasteiger partial charge is 0.311 e. The minimum Gasteiger partial charge on any atom is -0.469 e. The highest BCUT2D eigenvalue weighted by atomic mass is 16.5. The van der Waals surface area contributed by atoms with Gasteiger partial charge in [-0.25, -0.2) is 0 Å². The van der Waals surface area contributed by atoms with Gasteiger partial charge in [0.2, 0.25) is 0 Å². The van der Waals surface area contributed by atoms with Crippen molar-refractivity contribution in [3.05, 3.63) is 42.0 Å². The highest BCUT2D eigenvalue weighted by molar-refractivity contribution is 5.78. The molecule has 4 heteroatoms. The van der Waals surface area contributed by atoms with Gasteiger partial charge in [-0.2, -0.15) is 10.5 Å². The van der Waals surface area contributed by atoms with Crippen molar-refractivity contribution in [2.24, 2.45) is 11.3 Å². The number of rotatable bonds is 3. The summed E-state index contributed by atoms with van der Waals surface area (Å²) in [6.07, 6.45) is 0.424. The first-order valence-electron chi connectivity index (χ1n) is 7.03. The number of ether oxygens (including phenoxy) is 1. The molecule has 1 fully saturated rings. The second-order valence-corrected chi connectivity index (χ2v) is 6.00. The molecular formula is C18H18N2O2. The maximum absolute atomic E-state index is 11.9. The first-order chi connectivity index (χ1) is 10.4. The number of carbonyl (C=O) groups is 1. The first kappa shape index (κ1) is 15.8. The molecule has 1 aliphatic rings. The molecule has 1 aromatic carbocycles. The maximum atomic E-state index is 11.9. The average molecular weight is 294 g/mol. The van der Waals surface area contributed by atoms with Crippen molar-refractivity contribution >= 4 is 11.5 Å². The molecule has 2 rings (SSSR count). The fourth-order valence-electron chi connectivity index (χ4n) is 3.27. The largest absolute Gasteiger partial charge is 0.469 e. The van der Waals surface area contributed by atoms with Gasteiger partial charge in [-0.1, -0.05) is 43.3 Å². The molecule has 2 atom stereocenters. The molecule has 0 aromatic heterocycles. The van der Waals surface area contributed by atoms with Crippen molar-refractivity contribution in [1.82, 2.24) is 0 Å². The van der Waals surface area contributed by atoms with Crippen LogP contribution in [0.1, 0.15) is 31.4 Å². The quantitative estimate of drug-likeness (QED) is 0.802. The Morgan fingerprint density at radius 3 is 2.27 bits per heavy atom. The summed E-state index contributed by atoms with van der Waals surface area (Å²) in [6.45, 7) is 7.67. The number of hydrogen-bond acceptors (Lipinski definition) is 4. The number of allylic oxidation sites excluding steroid dienone is 1. The van der Waals surface area contributed by atoms with Gasteiger partial charge in [-0.15, -0.1) is 0 Å². The van der Waals surface area contributed by atoms with Crippen molar-refractivity contribution in [2.75, 3.05) is 7.11 Å². The van der Waals surface area contributed by atoms with Crippen LogP contribution < -0.4 is 0 Å². The summed E-state index contributed by atoms with van der Waals surface area (Å²) in [5, 5.41) is 19.2. The maximum Gasteiger partial charge on any atom is 0.311 e. The standard InChI is InChI=1S/C18H18N2O2/c1-12(2)13-5-7-14(8-6-13)17(3)9-15(16(21)22-4)18(17,10-19)11-20/h5-8,15H,1,9H2,2-4H3.